The maximum atomic E-state index is 13.1. The molecule has 1 aliphatic rings. The van der Waals surface area contributed by atoms with Gasteiger partial charge in [-0.3, -0.25) is 9.59 Å². The molecule has 1 N–H and O–H groups in total. The Labute approximate surface area is 202 Å². The first-order valence-corrected chi connectivity index (χ1v) is 12.4. The van der Waals surface area contributed by atoms with Crippen LogP contribution in [0, 0.1) is 13.8 Å². The molecule has 0 spiro atoms. The summed E-state index contributed by atoms with van der Waals surface area (Å²) < 4.78 is 39.4. The van der Waals surface area contributed by atoms with Gasteiger partial charge in [0.05, 0.1) is 21.3 Å². The van der Waals surface area contributed by atoms with E-state index in [1.54, 1.807) is 5.38 Å². The molecule has 0 bridgehead atoms. The second-order valence-corrected chi connectivity index (χ2v) is 10.2. The molecule has 0 unspecified atom stereocenters. The number of carbonyl (C=O) groups excluding carboxylic acids is 2. The maximum Gasteiger partial charge on any atom is 0.416 e. The van der Waals surface area contributed by atoms with Crippen molar-refractivity contribution in [2.45, 2.75) is 45.3 Å². The predicted molar refractivity (Wildman–Crippen MR) is 124 cm³/mol. The third-order valence-electron chi connectivity index (χ3n) is 5.75. The number of rotatable bonds is 5. The number of benzene rings is 1. The molecule has 3 aromatic rings. The number of nitrogens with zero attached hydrogens (tertiary/aromatic N) is 3. The van der Waals surface area contributed by atoms with Gasteiger partial charge in [-0.15, -0.1) is 22.7 Å². The van der Waals surface area contributed by atoms with Crippen LogP contribution in [0.15, 0.2) is 29.6 Å². The third kappa shape index (κ3) is 5.30. The van der Waals surface area contributed by atoms with E-state index in [0.29, 0.717) is 18.0 Å². The van der Waals surface area contributed by atoms with Crippen molar-refractivity contribution in [2.24, 2.45) is 0 Å². The summed E-state index contributed by atoms with van der Waals surface area (Å²) in [4.78, 5) is 36.6. The summed E-state index contributed by atoms with van der Waals surface area (Å²) in [5, 5.41) is 5.84. The molecule has 4 rings (SSSR count). The van der Waals surface area contributed by atoms with Gasteiger partial charge in [-0.1, -0.05) is 18.2 Å². The number of aromatic nitrogens is 2. The van der Waals surface area contributed by atoms with Gasteiger partial charge in [-0.05, 0) is 38.3 Å². The van der Waals surface area contributed by atoms with E-state index in [4.69, 9.17) is 0 Å². The van der Waals surface area contributed by atoms with Crippen LogP contribution in [0.2, 0.25) is 0 Å². The number of halogens is 3. The fourth-order valence-electron chi connectivity index (χ4n) is 4.00. The Morgan fingerprint density at radius 3 is 2.50 bits per heavy atom. The molecule has 0 aliphatic carbocycles. The number of piperidine rings is 1. The Morgan fingerprint density at radius 2 is 1.85 bits per heavy atom. The zero-order chi connectivity index (χ0) is 24.5. The van der Waals surface area contributed by atoms with Crippen LogP contribution in [-0.4, -0.2) is 39.8 Å². The number of nitrogens with one attached hydrogen (secondary N) is 1. The smallest absolute Gasteiger partial charge is 0.347 e. The molecule has 34 heavy (non-hydrogen) atoms. The summed E-state index contributed by atoms with van der Waals surface area (Å²) in [6.45, 7) is 4.67. The van der Waals surface area contributed by atoms with Gasteiger partial charge in [0.15, 0.2) is 0 Å². The molecule has 180 valence electrons. The zero-order valence-corrected chi connectivity index (χ0v) is 20.2. The maximum absolute atomic E-state index is 13.1. The molecule has 3 heterocycles. The number of hydrogen-bond donors (Lipinski definition) is 1. The number of hydrogen-bond acceptors (Lipinski definition) is 6. The van der Waals surface area contributed by atoms with Gasteiger partial charge >= 0.3 is 6.18 Å². The van der Waals surface area contributed by atoms with E-state index < -0.39 is 17.6 Å². The second-order valence-electron chi connectivity index (χ2n) is 8.12. The van der Waals surface area contributed by atoms with Gasteiger partial charge in [-0.25, -0.2) is 9.97 Å². The summed E-state index contributed by atoms with van der Waals surface area (Å²) >= 11 is 2.77. The van der Waals surface area contributed by atoms with Crippen LogP contribution in [-0.2, 0) is 12.7 Å². The third-order valence-corrected chi connectivity index (χ3v) is 7.81. The molecule has 1 saturated heterocycles. The summed E-state index contributed by atoms with van der Waals surface area (Å²) in [6.07, 6.45) is -3.02. The second kappa shape index (κ2) is 9.83. The van der Waals surface area contributed by atoms with Gasteiger partial charge < -0.3 is 10.2 Å². The number of likely N-dealkylation sites (tertiary alicyclic amines) is 1. The van der Waals surface area contributed by atoms with Crippen molar-refractivity contribution in [1.82, 2.24) is 20.2 Å². The first-order chi connectivity index (χ1) is 16.1. The number of amides is 2. The zero-order valence-electron chi connectivity index (χ0n) is 18.6. The fraction of sp³-hybridized carbons (Fsp3) is 0.391. The van der Waals surface area contributed by atoms with Crippen LogP contribution in [0.5, 0.6) is 0 Å². The molecule has 0 saturated carbocycles. The Hall–Kier alpha value is -2.79. The normalized spacial score (nSPS) is 14.9. The number of thiazole rings is 2. The largest absolute Gasteiger partial charge is 0.416 e. The highest BCUT2D eigenvalue weighted by atomic mass is 32.1. The molecule has 1 aliphatic heterocycles. The lowest BCUT2D eigenvalue weighted by Gasteiger charge is -2.30. The van der Waals surface area contributed by atoms with Crippen LogP contribution in [0.3, 0.4) is 0 Å². The molecule has 1 fully saturated rings. The first kappa shape index (κ1) is 24.3. The van der Waals surface area contributed by atoms with Gasteiger partial charge in [0, 0.05) is 30.9 Å². The van der Waals surface area contributed by atoms with Gasteiger partial charge in [-0.2, -0.15) is 13.2 Å². The van der Waals surface area contributed by atoms with Crippen molar-refractivity contribution in [2.75, 3.05) is 13.1 Å². The average molecular weight is 509 g/mol. The van der Waals surface area contributed by atoms with Crippen molar-refractivity contribution in [3.05, 3.63) is 67.1 Å². The summed E-state index contributed by atoms with van der Waals surface area (Å²) in [5.74, 6) is -0.381. The Kier molecular flexibility index (Phi) is 7.04. The van der Waals surface area contributed by atoms with Crippen molar-refractivity contribution < 1.29 is 22.8 Å². The van der Waals surface area contributed by atoms with E-state index in [0.717, 1.165) is 34.6 Å². The SMILES string of the molecule is Cc1nc(C)c(C(=O)N2CCC(c3nc(C(=O)NCc4ccccc4C(F)(F)F)cs3)CC2)s1. The molecule has 2 aromatic heterocycles. The lowest BCUT2D eigenvalue weighted by atomic mass is 9.97. The molecule has 6 nitrogen and oxygen atoms in total. The van der Waals surface area contributed by atoms with Crippen LogP contribution in [0.25, 0.3) is 0 Å². The monoisotopic (exact) mass is 508 g/mol. The minimum Gasteiger partial charge on any atom is -0.347 e. The molecular weight excluding hydrogens is 485 g/mol. The van der Waals surface area contributed by atoms with Crippen molar-refractivity contribution >= 4 is 34.5 Å². The molecule has 1 aromatic carbocycles. The van der Waals surface area contributed by atoms with Crippen LogP contribution in [0.1, 0.15) is 65.8 Å². The minimum atomic E-state index is -4.48. The number of carbonyl (C=O) groups is 2. The quantitative estimate of drug-likeness (QED) is 0.515. The van der Waals surface area contributed by atoms with Crippen molar-refractivity contribution in [3.8, 4) is 0 Å². The Balaban J connectivity index is 1.34. The molecule has 0 radical (unpaired) electrons. The Bertz CT molecular complexity index is 1200. The van der Waals surface area contributed by atoms with Crippen LogP contribution >= 0.6 is 22.7 Å². The fourth-order valence-corrected chi connectivity index (χ4v) is 5.86. The highest BCUT2D eigenvalue weighted by molar-refractivity contribution is 7.13. The molecule has 0 atom stereocenters. The van der Waals surface area contributed by atoms with Crippen molar-refractivity contribution in [1.29, 1.82) is 0 Å². The van der Waals surface area contributed by atoms with E-state index >= 15 is 0 Å². The highest BCUT2D eigenvalue weighted by Crippen LogP contribution is 2.33. The van der Waals surface area contributed by atoms with E-state index in [-0.39, 0.29) is 29.6 Å². The van der Waals surface area contributed by atoms with Crippen LogP contribution in [0.4, 0.5) is 13.2 Å². The first-order valence-electron chi connectivity index (χ1n) is 10.8. The minimum absolute atomic E-state index is 0.0000985. The average Bonchev–Trinajstić information content (AvgIpc) is 3.43. The standard InChI is InChI=1S/C23H23F3N4O2S2/c1-13-19(34-14(2)28-13)22(32)30-9-7-15(8-10-30)21-29-18(12-33-21)20(31)27-11-16-5-3-4-6-17(16)23(24,25)26/h3-6,12,15H,7-11H2,1-2H3,(H,27,31). The van der Waals surface area contributed by atoms with Gasteiger partial charge in [0.25, 0.3) is 11.8 Å². The van der Waals surface area contributed by atoms with Crippen molar-refractivity contribution in [3.63, 3.8) is 0 Å². The highest BCUT2D eigenvalue weighted by Gasteiger charge is 2.33. The van der Waals surface area contributed by atoms with Gasteiger partial charge in [0.2, 0.25) is 0 Å². The number of aryl methyl sites for hydroxylation is 2. The molecule has 2 amide bonds. The molecule has 11 heteroatoms. The van der Waals surface area contributed by atoms with E-state index in [1.807, 2.05) is 18.7 Å². The summed E-state index contributed by atoms with van der Waals surface area (Å²) in [5.41, 5.74) is 0.184. The van der Waals surface area contributed by atoms with Crippen LogP contribution < -0.4 is 5.32 Å². The van der Waals surface area contributed by atoms with E-state index in [1.165, 1.54) is 40.9 Å². The topological polar surface area (TPSA) is 75.2 Å². The van der Waals surface area contributed by atoms with Gasteiger partial charge in [0.1, 0.15) is 10.6 Å². The Morgan fingerprint density at radius 1 is 1.15 bits per heavy atom. The molecular formula is C23H23F3N4O2S2. The summed E-state index contributed by atoms with van der Waals surface area (Å²) in [7, 11) is 0. The summed E-state index contributed by atoms with van der Waals surface area (Å²) in [6, 6.07) is 5.17. The van der Waals surface area contributed by atoms with E-state index in [2.05, 4.69) is 15.3 Å². The lowest BCUT2D eigenvalue weighted by Crippen LogP contribution is -2.37. The number of alkyl halides is 3. The van der Waals surface area contributed by atoms with E-state index in [9.17, 15) is 22.8 Å². The lowest BCUT2D eigenvalue weighted by molar-refractivity contribution is -0.138. The predicted octanol–water partition coefficient (Wildman–Crippen LogP) is 5.19.